The van der Waals surface area contributed by atoms with Crippen molar-refractivity contribution >= 4 is 39.0 Å². The predicted molar refractivity (Wildman–Crippen MR) is 147 cm³/mol. The number of aromatic nitrogens is 2. The number of nitrogens with zero attached hydrogens (tertiary/aromatic N) is 4. The van der Waals surface area contributed by atoms with E-state index in [2.05, 4.69) is 31.0 Å². The molecule has 0 spiro atoms. The van der Waals surface area contributed by atoms with Crippen LogP contribution in [0.3, 0.4) is 0 Å². The molecule has 1 aromatic heterocycles. The van der Waals surface area contributed by atoms with Crippen LogP contribution in [0, 0.1) is 5.82 Å². The lowest BCUT2D eigenvalue weighted by Crippen LogP contribution is -2.52. The van der Waals surface area contributed by atoms with Crippen LogP contribution in [0.15, 0.2) is 10.5 Å². The highest BCUT2D eigenvalue weighted by Crippen LogP contribution is 2.43. The molecule has 5 aliphatic rings. The normalized spacial score (nSPS) is 31.9. The molecule has 4 fully saturated rings. The zero-order valence-electron chi connectivity index (χ0n) is 21.6. The molecular weight excluding hydrogens is 594 g/mol. The molecule has 5 atom stereocenters. The molecule has 4 saturated heterocycles. The summed E-state index contributed by atoms with van der Waals surface area (Å²) >= 11 is 9.74. The minimum Gasteiger partial charge on any atom is -0.461 e. The topological polar surface area (TPSA) is 88.8 Å². The lowest BCUT2D eigenvalue weighted by atomic mass is 9.95. The van der Waals surface area contributed by atoms with Gasteiger partial charge in [-0.15, -0.1) is 0 Å². The van der Waals surface area contributed by atoms with E-state index in [1.54, 1.807) is 0 Å². The molecule has 0 aliphatic carbocycles. The van der Waals surface area contributed by atoms with Gasteiger partial charge in [0.15, 0.2) is 5.82 Å². The van der Waals surface area contributed by atoms with Crippen LogP contribution in [0.25, 0.3) is 0 Å². The van der Waals surface area contributed by atoms with Gasteiger partial charge in [0.2, 0.25) is 0 Å². The first kappa shape index (κ1) is 26.1. The highest BCUT2D eigenvalue weighted by Gasteiger charge is 2.49. The minimum absolute atomic E-state index is 0.0283. The third kappa shape index (κ3) is 4.58. The number of rotatable bonds is 5. The Morgan fingerprint density at radius 1 is 1.26 bits per heavy atom. The van der Waals surface area contributed by atoms with Gasteiger partial charge in [0.05, 0.1) is 34.7 Å². The Morgan fingerprint density at radius 3 is 2.85 bits per heavy atom. The van der Waals surface area contributed by atoms with E-state index in [0.29, 0.717) is 47.6 Å². The molecule has 2 bridgehead atoms. The fourth-order valence-electron chi connectivity index (χ4n) is 7.29. The van der Waals surface area contributed by atoms with E-state index < -0.39 is 18.1 Å². The zero-order chi connectivity index (χ0) is 26.9. The summed E-state index contributed by atoms with van der Waals surface area (Å²) in [6, 6.07) is 2.51. The largest absolute Gasteiger partial charge is 0.461 e. The first-order valence-electron chi connectivity index (χ1n) is 13.8. The van der Waals surface area contributed by atoms with Gasteiger partial charge in [0.25, 0.3) is 0 Å². The van der Waals surface area contributed by atoms with Gasteiger partial charge in [-0.25, -0.2) is 8.78 Å². The summed E-state index contributed by atoms with van der Waals surface area (Å²) < 4.78 is 42.5. The number of benzene rings is 1. The molecule has 1 aromatic carbocycles. The van der Waals surface area contributed by atoms with Crippen molar-refractivity contribution in [3.63, 3.8) is 0 Å². The standard InChI is InChI=1S/C27H32BrClF2N6O2/c28-23-18(29)6-19(32)24(31)22(23)21-7-20-17(12-38-21)25(36-10-15-2-3-16(11-36)33-15)35-26(34-20)39-13-27-4-1-5-37(27)9-14(30)8-27/h6,14-16,21,33H,1-5,7-13,32H2. The molecule has 2 aromatic rings. The molecule has 7 rings (SSSR count). The van der Waals surface area contributed by atoms with E-state index in [1.807, 2.05) is 0 Å². The number of hydrogen-bond donors (Lipinski definition) is 2. The summed E-state index contributed by atoms with van der Waals surface area (Å²) in [5.41, 5.74) is 7.51. The number of hydrogen-bond acceptors (Lipinski definition) is 8. The number of nitrogens with one attached hydrogen (secondary N) is 1. The van der Waals surface area contributed by atoms with E-state index in [-0.39, 0.29) is 29.4 Å². The molecule has 3 N–H and O–H groups in total. The van der Waals surface area contributed by atoms with E-state index in [4.69, 9.17) is 36.8 Å². The van der Waals surface area contributed by atoms with Gasteiger partial charge >= 0.3 is 6.01 Å². The summed E-state index contributed by atoms with van der Waals surface area (Å²) in [5.74, 6) is 0.263. The molecule has 0 saturated carbocycles. The van der Waals surface area contributed by atoms with Gasteiger partial charge < -0.3 is 25.4 Å². The molecule has 5 aliphatic heterocycles. The molecule has 6 heterocycles. The van der Waals surface area contributed by atoms with Gasteiger partial charge in [0, 0.05) is 60.2 Å². The fraction of sp³-hybridized carbons (Fsp3) is 0.630. The SMILES string of the molecule is Nc1cc(Cl)c(Br)c(C2Cc3nc(OCC45CCCN4CC(F)C5)nc(N4CC5CCC(C4)N5)c3CO2)c1F. The maximum Gasteiger partial charge on any atom is 0.318 e. The van der Waals surface area contributed by atoms with Gasteiger partial charge in [0.1, 0.15) is 18.6 Å². The highest BCUT2D eigenvalue weighted by molar-refractivity contribution is 9.10. The number of nitrogens with two attached hydrogens (primary N) is 1. The number of fused-ring (bicyclic) bond motifs is 4. The Bertz CT molecular complexity index is 1270. The van der Waals surface area contributed by atoms with Gasteiger partial charge in [-0.2, -0.15) is 9.97 Å². The Kier molecular flexibility index (Phi) is 6.66. The predicted octanol–water partition coefficient (Wildman–Crippen LogP) is 4.32. The van der Waals surface area contributed by atoms with Crippen LogP contribution >= 0.6 is 27.5 Å². The molecule has 0 amide bonds. The van der Waals surface area contributed by atoms with Crippen molar-refractivity contribution in [2.45, 2.75) is 75.0 Å². The molecule has 39 heavy (non-hydrogen) atoms. The first-order valence-corrected chi connectivity index (χ1v) is 14.9. The summed E-state index contributed by atoms with van der Waals surface area (Å²) in [6.45, 7) is 3.62. The average molecular weight is 626 g/mol. The maximum absolute atomic E-state index is 15.2. The van der Waals surface area contributed by atoms with Crippen molar-refractivity contribution in [2.75, 3.05) is 43.4 Å². The minimum atomic E-state index is -0.832. The van der Waals surface area contributed by atoms with Crippen LogP contribution in [-0.4, -0.2) is 71.4 Å². The third-order valence-corrected chi connectivity index (χ3v) is 10.5. The zero-order valence-corrected chi connectivity index (χ0v) is 23.9. The van der Waals surface area contributed by atoms with Crippen molar-refractivity contribution in [1.29, 1.82) is 0 Å². The Balaban J connectivity index is 1.23. The first-order chi connectivity index (χ1) is 18.8. The van der Waals surface area contributed by atoms with Crippen molar-refractivity contribution in [3.05, 3.63) is 38.2 Å². The van der Waals surface area contributed by atoms with Gasteiger partial charge in [-0.1, -0.05) is 11.6 Å². The van der Waals surface area contributed by atoms with Crippen LogP contribution < -0.4 is 20.7 Å². The van der Waals surface area contributed by atoms with E-state index in [0.717, 1.165) is 62.4 Å². The summed E-state index contributed by atoms with van der Waals surface area (Å²) in [5, 5.41) is 3.99. The molecule has 210 valence electrons. The van der Waals surface area contributed by atoms with Crippen molar-refractivity contribution in [2.24, 2.45) is 0 Å². The number of anilines is 2. The number of halogens is 4. The van der Waals surface area contributed by atoms with Crippen molar-refractivity contribution in [3.8, 4) is 6.01 Å². The number of alkyl halides is 1. The van der Waals surface area contributed by atoms with Crippen LogP contribution in [0.1, 0.15) is 55.0 Å². The summed E-state index contributed by atoms with van der Waals surface area (Å²) in [6.07, 6.45) is 3.56. The lowest BCUT2D eigenvalue weighted by Gasteiger charge is -2.37. The fourth-order valence-corrected chi connectivity index (χ4v) is 8.05. The van der Waals surface area contributed by atoms with Crippen LogP contribution in [0.2, 0.25) is 5.02 Å². The van der Waals surface area contributed by atoms with Gasteiger partial charge in [-0.3, -0.25) is 4.90 Å². The molecule has 0 radical (unpaired) electrons. The Hall–Kier alpha value is -1.79. The average Bonchev–Trinajstić information content (AvgIpc) is 3.56. The Labute approximate surface area is 239 Å². The third-order valence-electron chi connectivity index (χ3n) is 9.15. The smallest absolute Gasteiger partial charge is 0.318 e. The van der Waals surface area contributed by atoms with Crippen molar-refractivity contribution < 1.29 is 18.3 Å². The second kappa shape index (κ2) is 9.94. The molecule has 8 nitrogen and oxygen atoms in total. The van der Waals surface area contributed by atoms with E-state index in [1.165, 1.54) is 6.07 Å². The Morgan fingerprint density at radius 2 is 2.05 bits per heavy atom. The van der Waals surface area contributed by atoms with Crippen LogP contribution in [0.5, 0.6) is 6.01 Å². The highest BCUT2D eigenvalue weighted by atomic mass is 79.9. The van der Waals surface area contributed by atoms with Crippen LogP contribution in [0.4, 0.5) is 20.3 Å². The van der Waals surface area contributed by atoms with Crippen molar-refractivity contribution in [1.82, 2.24) is 20.2 Å². The second-order valence-corrected chi connectivity index (χ2v) is 12.9. The number of piperazine rings is 1. The van der Waals surface area contributed by atoms with Gasteiger partial charge in [-0.05, 0) is 54.2 Å². The second-order valence-electron chi connectivity index (χ2n) is 11.7. The number of nitrogen functional groups attached to an aromatic ring is 1. The monoisotopic (exact) mass is 624 g/mol. The lowest BCUT2D eigenvalue weighted by molar-refractivity contribution is 0.0228. The van der Waals surface area contributed by atoms with E-state index in [9.17, 15) is 4.39 Å². The maximum atomic E-state index is 15.2. The molecule has 12 heteroatoms. The quantitative estimate of drug-likeness (QED) is 0.375. The van der Waals surface area contributed by atoms with E-state index >= 15 is 4.39 Å². The molecule has 5 unspecified atom stereocenters. The van der Waals surface area contributed by atoms with Crippen LogP contribution in [-0.2, 0) is 17.8 Å². The summed E-state index contributed by atoms with van der Waals surface area (Å²) in [4.78, 5) is 14.3. The summed E-state index contributed by atoms with van der Waals surface area (Å²) in [7, 11) is 0. The molecular formula is C27H32BrClF2N6O2. The number of ether oxygens (including phenoxy) is 2.